The van der Waals surface area contributed by atoms with Crippen molar-refractivity contribution in [2.75, 3.05) is 13.7 Å². The molecule has 1 N–H and O–H groups in total. The van der Waals surface area contributed by atoms with E-state index in [0.29, 0.717) is 29.2 Å². The number of methoxy groups -OCH3 is 1. The van der Waals surface area contributed by atoms with Crippen LogP contribution in [0.2, 0.25) is 0 Å². The average Bonchev–Trinajstić information content (AvgIpc) is 2.68. The molecule has 0 bridgehead atoms. The molecule has 136 valence electrons. The van der Waals surface area contributed by atoms with E-state index in [0.717, 1.165) is 18.4 Å². The fourth-order valence-corrected chi connectivity index (χ4v) is 2.17. The van der Waals surface area contributed by atoms with Gasteiger partial charge in [0.2, 0.25) is 0 Å². The van der Waals surface area contributed by atoms with Crippen LogP contribution in [0.4, 0.5) is 0 Å². The summed E-state index contributed by atoms with van der Waals surface area (Å²) in [6.45, 7) is 2.89. The van der Waals surface area contributed by atoms with Crippen molar-refractivity contribution < 1.29 is 19.1 Å². The molecule has 0 unspecified atom stereocenters. The van der Waals surface area contributed by atoms with Gasteiger partial charge in [-0.25, -0.2) is 5.48 Å². The highest BCUT2D eigenvalue weighted by atomic mass is 16.6. The van der Waals surface area contributed by atoms with Gasteiger partial charge < -0.3 is 9.47 Å². The summed E-state index contributed by atoms with van der Waals surface area (Å²) in [6, 6.07) is 14.0. The summed E-state index contributed by atoms with van der Waals surface area (Å²) in [4.78, 5) is 17.4. The number of nitrogens with one attached hydrogen (secondary N) is 1. The minimum Gasteiger partial charge on any atom is -0.493 e. The number of amides is 1. The molecule has 0 saturated carbocycles. The van der Waals surface area contributed by atoms with E-state index in [-0.39, 0.29) is 12.5 Å². The Kier molecular flexibility index (Phi) is 7.47. The summed E-state index contributed by atoms with van der Waals surface area (Å²) in [7, 11) is 1.53. The van der Waals surface area contributed by atoms with Crippen LogP contribution >= 0.6 is 0 Å². The molecule has 0 radical (unpaired) electrons. The highest BCUT2D eigenvalue weighted by molar-refractivity contribution is 5.94. The minimum absolute atomic E-state index is 0.201. The molecule has 26 heavy (non-hydrogen) atoms. The van der Waals surface area contributed by atoms with Crippen molar-refractivity contribution >= 4 is 5.91 Å². The Labute approximate surface area is 153 Å². The second kappa shape index (κ2) is 10.1. The summed E-state index contributed by atoms with van der Waals surface area (Å²) in [5, 5.41) is 8.77. The third kappa shape index (κ3) is 5.50. The molecule has 0 spiro atoms. The number of benzene rings is 2. The van der Waals surface area contributed by atoms with Gasteiger partial charge in [-0.15, -0.1) is 0 Å². The van der Waals surface area contributed by atoms with Crippen LogP contribution in [0.25, 0.3) is 0 Å². The van der Waals surface area contributed by atoms with Gasteiger partial charge in [0.25, 0.3) is 5.91 Å². The topological polar surface area (TPSA) is 80.6 Å². The molecule has 6 nitrogen and oxygen atoms in total. The lowest BCUT2D eigenvalue weighted by molar-refractivity contribution is 0.0233. The number of nitriles is 1. The van der Waals surface area contributed by atoms with E-state index < -0.39 is 0 Å². The molecule has 0 atom stereocenters. The van der Waals surface area contributed by atoms with Gasteiger partial charge in [0, 0.05) is 5.56 Å². The zero-order chi connectivity index (χ0) is 18.8. The summed E-state index contributed by atoms with van der Waals surface area (Å²) < 4.78 is 10.9. The SMILES string of the molecule is CCCCOc1ccc(C(=O)NOCc2ccc(C#N)cc2)cc1OC. The molecular weight excluding hydrogens is 332 g/mol. The first-order valence-corrected chi connectivity index (χ1v) is 8.40. The standard InChI is InChI=1S/C20H22N2O4/c1-3-4-11-25-18-10-9-17(12-19(18)24-2)20(23)22-26-14-16-7-5-15(13-21)6-8-16/h5-10,12H,3-4,11,14H2,1-2H3,(H,22,23). The van der Waals surface area contributed by atoms with Gasteiger partial charge in [-0.3, -0.25) is 9.63 Å². The fourth-order valence-electron chi connectivity index (χ4n) is 2.17. The van der Waals surface area contributed by atoms with Crippen LogP contribution in [0.15, 0.2) is 42.5 Å². The van der Waals surface area contributed by atoms with E-state index in [9.17, 15) is 4.79 Å². The first-order valence-electron chi connectivity index (χ1n) is 8.40. The van der Waals surface area contributed by atoms with Gasteiger partial charge in [-0.05, 0) is 42.3 Å². The van der Waals surface area contributed by atoms with Crippen LogP contribution in [0.1, 0.15) is 41.3 Å². The number of nitrogens with zero attached hydrogens (tertiary/aromatic N) is 1. The molecule has 6 heteroatoms. The van der Waals surface area contributed by atoms with Gasteiger partial charge in [0.15, 0.2) is 11.5 Å². The summed E-state index contributed by atoms with van der Waals surface area (Å²) >= 11 is 0. The predicted molar refractivity (Wildman–Crippen MR) is 96.8 cm³/mol. The Morgan fingerprint density at radius 3 is 2.58 bits per heavy atom. The van der Waals surface area contributed by atoms with Crippen LogP contribution in [0, 0.1) is 11.3 Å². The van der Waals surface area contributed by atoms with Gasteiger partial charge in [-0.1, -0.05) is 25.5 Å². The van der Waals surface area contributed by atoms with Crippen molar-refractivity contribution in [3.8, 4) is 17.6 Å². The molecule has 0 aliphatic carbocycles. The Morgan fingerprint density at radius 1 is 1.15 bits per heavy atom. The van der Waals surface area contributed by atoms with E-state index in [4.69, 9.17) is 19.6 Å². The molecule has 0 fully saturated rings. The zero-order valence-electron chi connectivity index (χ0n) is 15.0. The number of hydrogen-bond acceptors (Lipinski definition) is 5. The number of carbonyl (C=O) groups excluding carboxylic acids is 1. The Bertz CT molecular complexity index is 766. The molecule has 0 saturated heterocycles. The molecule has 1 amide bonds. The van der Waals surface area contributed by atoms with Gasteiger partial charge in [0.05, 0.1) is 32.0 Å². The molecule has 2 aromatic rings. The maximum Gasteiger partial charge on any atom is 0.274 e. The lowest BCUT2D eigenvalue weighted by Gasteiger charge is -2.12. The maximum atomic E-state index is 12.2. The van der Waals surface area contributed by atoms with E-state index in [1.54, 1.807) is 42.5 Å². The van der Waals surface area contributed by atoms with Crippen LogP contribution in [-0.2, 0) is 11.4 Å². The second-order valence-corrected chi connectivity index (χ2v) is 5.60. The Hall–Kier alpha value is -3.04. The quantitative estimate of drug-likeness (QED) is 0.550. The monoisotopic (exact) mass is 354 g/mol. The highest BCUT2D eigenvalue weighted by Crippen LogP contribution is 2.28. The van der Waals surface area contributed by atoms with E-state index in [1.165, 1.54) is 7.11 Å². The summed E-state index contributed by atoms with van der Waals surface area (Å²) in [5.41, 5.74) is 4.23. The van der Waals surface area contributed by atoms with E-state index >= 15 is 0 Å². The van der Waals surface area contributed by atoms with Crippen LogP contribution in [0.3, 0.4) is 0 Å². The largest absolute Gasteiger partial charge is 0.493 e. The van der Waals surface area contributed by atoms with Crippen molar-refractivity contribution in [2.45, 2.75) is 26.4 Å². The molecule has 0 heterocycles. The van der Waals surface area contributed by atoms with E-state index in [2.05, 4.69) is 12.4 Å². The zero-order valence-corrected chi connectivity index (χ0v) is 15.0. The predicted octanol–water partition coefficient (Wildman–Crippen LogP) is 3.61. The van der Waals surface area contributed by atoms with E-state index in [1.807, 2.05) is 6.07 Å². The number of rotatable bonds is 9. The third-order valence-electron chi connectivity index (χ3n) is 3.67. The third-order valence-corrected chi connectivity index (χ3v) is 3.67. The minimum atomic E-state index is -0.378. The van der Waals surface area contributed by atoms with Gasteiger partial charge >= 0.3 is 0 Å². The number of unbranched alkanes of at least 4 members (excludes halogenated alkanes) is 1. The van der Waals surface area contributed by atoms with Crippen molar-refractivity contribution in [1.82, 2.24) is 5.48 Å². The maximum absolute atomic E-state index is 12.2. The Morgan fingerprint density at radius 2 is 1.92 bits per heavy atom. The first-order chi connectivity index (χ1) is 12.7. The van der Waals surface area contributed by atoms with Crippen molar-refractivity contribution in [1.29, 1.82) is 5.26 Å². The second-order valence-electron chi connectivity index (χ2n) is 5.60. The molecule has 0 aliphatic heterocycles. The van der Waals surface area contributed by atoms with Crippen LogP contribution < -0.4 is 15.0 Å². The first kappa shape index (κ1) is 19.3. The highest BCUT2D eigenvalue weighted by Gasteiger charge is 2.11. The van der Waals surface area contributed by atoms with Crippen LogP contribution in [0.5, 0.6) is 11.5 Å². The van der Waals surface area contributed by atoms with Gasteiger partial charge in [0.1, 0.15) is 0 Å². The molecule has 0 aliphatic rings. The van der Waals surface area contributed by atoms with Crippen molar-refractivity contribution in [2.24, 2.45) is 0 Å². The molecule has 2 aromatic carbocycles. The van der Waals surface area contributed by atoms with Crippen LogP contribution in [-0.4, -0.2) is 19.6 Å². The number of carbonyl (C=O) groups is 1. The number of hydroxylamine groups is 1. The number of ether oxygens (including phenoxy) is 2. The Balaban J connectivity index is 1.90. The van der Waals surface area contributed by atoms with Crippen molar-refractivity contribution in [3.63, 3.8) is 0 Å². The van der Waals surface area contributed by atoms with Gasteiger partial charge in [-0.2, -0.15) is 5.26 Å². The fraction of sp³-hybridized carbons (Fsp3) is 0.300. The average molecular weight is 354 g/mol. The molecule has 0 aromatic heterocycles. The normalized spacial score (nSPS) is 10.0. The lowest BCUT2D eigenvalue weighted by atomic mass is 10.2. The van der Waals surface area contributed by atoms with Crippen molar-refractivity contribution in [3.05, 3.63) is 59.2 Å². The number of hydrogen-bond donors (Lipinski definition) is 1. The summed E-state index contributed by atoms with van der Waals surface area (Å²) in [6.07, 6.45) is 1.99. The lowest BCUT2D eigenvalue weighted by Crippen LogP contribution is -2.23. The molecule has 2 rings (SSSR count). The molecular formula is C20H22N2O4. The summed E-state index contributed by atoms with van der Waals surface area (Å²) in [5.74, 6) is 0.730. The smallest absolute Gasteiger partial charge is 0.274 e.